The molecular weight excluding hydrogens is 457 g/mol. The number of anilines is 1. The fourth-order valence-corrected chi connectivity index (χ4v) is 3.82. The predicted octanol–water partition coefficient (Wildman–Crippen LogP) is 4.69. The first-order chi connectivity index (χ1) is 17.5. The number of nitrogens with zero attached hydrogens (tertiary/aromatic N) is 3. The molecule has 2 aromatic heterocycles. The quantitative estimate of drug-likeness (QED) is 0.343. The highest BCUT2D eigenvalue weighted by atomic mass is 19.1. The van der Waals surface area contributed by atoms with E-state index in [0.717, 1.165) is 22.0 Å². The Morgan fingerprint density at radius 3 is 2.36 bits per heavy atom. The maximum absolute atomic E-state index is 13.1. The number of rotatable bonds is 6. The molecule has 8 heteroatoms. The summed E-state index contributed by atoms with van der Waals surface area (Å²) in [5.41, 5.74) is 9.68. The van der Waals surface area contributed by atoms with Crippen LogP contribution in [0.3, 0.4) is 0 Å². The van der Waals surface area contributed by atoms with E-state index in [1.165, 1.54) is 24.3 Å². The number of hydrogen-bond donors (Lipinski definition) is 2. The lowest BCUT2D eigenvalue weighted by molar-refractivity contribution is 0.0901. The Balaban J connectivity index is 1.51. The van der Waals surface area contributed by atoms with Gasteiger partial charge in [0, 0.05) is 28.3 Å². The van der Waals surface area contributed by atoms with Crippen molar-refractivity contribution < 1.29 is 14.0 Å². The van der Waals surface area contributed by atoms with Crippen LogP contribution in [-0.2, 0) is 0 Å². The van der Waals surface area contributed by atoms with E-state index in [-0.39, 0.29) is 29.4 Å². The predicted molar refractivity (Wildman–Crippen MR) is 136 cm³/mol. The van der Waals surface area contributed by atoms with Crippen LogP contribution in [0.25, 0.3) is 33.4 Å². The molecular formula is C28H20FN5O2. The Labute approximate surface area is 205 Å². The Hall–Kier alpha value is -4.98. The highest BCUT2D eigenvalue weighted by Crippen LogP contribution is 2.32. The smallest absolute Gasteiger partial charge is 0.274 e. The van der Waals surface area contributed by atoms with Gasteiger partial charge in [0.2, 0.25) is 0 Å². The van der Waals surface area contributed by atoms with E-state index in [4.69, 9.17) is 5.73 Å². The second kappa shape index (κ2) is 9.71. The maximum Gasteiger partial charge on any atom is 0.274 e. The number of hydrogen-bond acceptors (Lipinski definition) is 6. The number of ketones is 1. The molecule has 0 spiro atoms. The molecule has 0 atom stereocenters. The van der Waals surface area contributed by atoms with Gasteiger partial charge in [0.15, 0.2) is 17.3 Å². The molecule has 0 saturated carbocycles. The number of Topliss-reactive ketones (excluding diaryl/α,β-unsaturated/α-hetero) is 1. The van der Waals surface area contributed by atoms with Crippen molar-refractivity contribution in [2.24, 2.45) is 0 Å². The van der Waals surface area contributed by atoms with E-state index in [1.807, 2.05) is 60.7 Å². The number of aromatic nitrogens is 3. The van der Waals surface area contributed by atoms with E-state index in [1.54, 1.807) is 6.20 Å². The first-order valence-corrected chi connectivity index (χ1v) is 11.1. The molecule has 5 aromatic rings. The Morgan fingerprint density at radius 2 is 1.58 bits per heavy atom. The standard InChI is InChI=1S/C28H20FN5O2/c29-21-11-8-17(9-12-21)23(35)16-32-28(36)26-27(30)34-24(18-5-2-1-3-6-18)25(33-26)20-10-13-22-19(15-20)7-4-14-31-22/h1-15H,16H2,(H2,30,34)(H,32,36). The summed E-state index contributed by atoms with van der Waals surface area (Å²) in [6.07, 6.45) is 1.72. The lowest BCUT2D eigenvalue weighted by Gasteiger charge is -2.13. The highest BCUT2D eigenvalue weighted by molar-refractivity contribution is 6.03. The number of nitrogen functional groups attached to an aromatic ring is 1. The number of carbonyl (C=O) groups excluding carboxylic acids is 2. The minimum absolute atomic E-state index is 0.0632. The normalized spacial score (nSPS) is 10.8. The van der Waals surface area contributed by atoms with Gasteiger partial charge in [-0.2, -0.15) is 0 Å². The molecule has 0 aliphatic heterocycles. The summed E-state index contributed by atoms with van der Waals surface area (Å²) in [4.78, 5) is 38.9. The molecule has 5 rings (SSSR count). The molecule has 1 amide bonds. The summed E-state index contributed by atoms with van der Waals surface area (Å²) in [5, 5.41) is 3.45. The van der Waals surface area contributed by atoms with Crippen molar-refractivity contribution in [1.29, 1.82) is 0 Å². The molecule has 0 aliphatic rings. The molecule has 176 valence electrons. The maximum atomic E-state index is 13.1. The number of carbonyl (C=O) groups is 2. The second-order valence-corrected chi connectivity index (χ2v) is 8.04. The average Bonchev–Trinajstić information content (AvgIpc) is 2.92. The molecule has 7 nitrogen and oxygen atoms in total. The van der Waals surface area contributed by atoms with Gasteiger partial charge in [-0.1, -0.05) is 42.5 Å². The zero-order chi connectivity index (χ0) is 25.1. The van der Waals surface area contributed by atoms with Gasteiger partial charge >= 0.3 is 0 Å². The first kappa shape index (κ1) is 22.8. The summed E-state index contributed by atoms with van der Waals surface area (Å²) < 4.78 is 13.1. The molecule has 0 radical (unpaired) electrons. The summed E-state index contributed by atoms with van der Waals surface area (Å²) in [7, 11) is 0. The monoisotopic (exact) mass is 477 g/mol. The largest absolute Gasteiger partial charge is 0.382 e. The van der Waals surface area contributed by atoms with Crippen molar-refractivity contribution in [1.82, 2.24) is 20.3 Å². The summed E-state index contributed by atoms with van der Waals surface area (Å²) in [6, 6.07) is 24.0. The molecule has 0 unspecified atom stereocenters. The second-order valence-electron chi connectivity index (χ2n) is 8.04. The van der Waals surface area contributed by atoms with Crippen LogP contribution in [0.2, 0.25) is 0 Å². The van der Waals surface area contributed by atoms with E-state index in [2.05, 4.69) is 20.3 Å². The van der Waals surface area contributed by atoms with Crippen molar-refractivity contribution in [2.75, 3.05) is 12.3 Å². The number of amides is 1. The van der Waals surface area contributed by atoms with E-state index >= 15 is 0 Å². The van der Waals surface area contributed by atoms with E-state index in [9.17, 15) is 14.0 Å². The number of nitrogens with one attached hydrogen (secondary N) is 1. The minimum Gasteiger partial charge on any atom is -0.382 e. The summed E-state index contributed by atoms with van der Waals surface area (Å²) >= 11 is 0. The Bertz CT molecular complexity index is 1590. The average molecular weight is 477 g/mol. The SMILES string of the molecule is Nc1nc(-c2ccccc2)c(-c2ccc3ncccc3c2)nc1C(=O)NCC(=O)c1ccc(F)cc1. The molecule has 3 N–H and O–H groups in total. The minimum atomic E-state index is -0.640. The van der Waals surface area contributed by atoms with Gasteiger partial charge in [-0.05, 0) is 42.5 Å². The number of pyridine rings is 1. The lowest BCUT2D eigenvalue weighted by atomic mass is 10.0. The molecule has 0 fully saturated rings. The third kappa shape index (κ3) is 4.65. The van der Waals surface area contributed by atoms with Crippen molar-refractivity contribution in [3.05, 3.63) is 108 Å². The molecule has 3 aromatic carbocycles. The van der Waals surface area contributed by atoms with Crippen molar-refractivity contribution in [3.63, 3.8) is 0 Å². The molecule has 0 saturated heterocycles. The fraction of sp³-hybridized carbons (Fsp3) is 0.0357. The van der Waals surface area contributed by atoms with Gasteiger partial charge in [-0.25, -0.2) is 14.4 Å². The Morgan fingerprint density at radius 1 is 0.833 bits per heavy atom. The van der Waals surface area contributed by atoms with Crippen LogP contribution in [0.1, 0.15) is 20.8 Å². The van der Waals surface area contributed by atoms with Crippen LogP contribution in [0, 0.1) is 5.82 Å². The molecule has 0 bridgehead atoms. The van der Waals surface area contributed by atoms with Crippen molar-refractivity contribution >= 4 is 28.4 Å². The topological polar surface area (TPSA) is 111 Å². The number of benzene rings is 3. The van der Waals surface area contributed by atoms with Crippen LogP contribution in [-0.4, -0.2) is 33.2 Å². The summed E-state index contributed by atoms with van der Waals surface area (Å²) in [6.45, 7) is -0.303. The van der Waals surface area contributed by atoms with Crippen molar-refractivity contribution in [3.8, 4) is 22.5 Å². The lowest BCUT2D eigenvalue weighted by Crippen LogP contribution is -2.31. The number of halogens is 1. The van der Waals surface area contributed by atoms with Gasteiger partial charge in [-0.15, -0.1) is 0 Å². The molecule has 0 aliphatic carbocycles. The molecule has 36 heavy (non-hydrogen) atoms. The zero-order valence-electron chi connectivity index (χ0n) is 19.0. The van der Waals surface area contributed by atoms with Crippen LogP contribution in [0.5, 0.6) is 0 Å². The number of fused-ring (bicyclic) bond motifs is 1. The highest BCUT2D eigenvalue weighted by Gasteiger charge is 2.21. The van der Waals surface area contributed by atoms with Crippen LogP contribution in [0.15, 0.2) is 91.1 Å². The van der Waals surface area contributed by atoms with Crippen LogP contribution < -0.4 is 11.1 Å². The van der Waals surface area contributed by atoms with Gasteiger partial charge < -0.3 is 11.1 Å². The van der Waals surface area contributed by atoms with Gasteiger partial charge in [-0.3, -0.25) is 14.6 Å². The van der Waals surface area contributed by atoms with Gasteiger partial charge in [0.1, 0.15) is 5.82 Å². The summed E-state index contributed by atoms with van der Waals surface area (Å²) in [5.74, 6) is -1.53. The van der Waals surface area contributed by atoms with E-state index < -0.39 is 11.7 Å². The molecule has 2 heterocycles. The van der Waals surface area contributed by atoms with Crippen LogP contribution in [0.4, 0.5) is 10.2 Å². The number of nitrogens with two attached hydrogens (primary N) is 1. The zero-order valence-corrected chi connectivity index (χ0v) is 19.0. The van der Waals surface area contributed by atoms with E-state index in [0.29, 0.717) is 11.4 Å². The van der Waals surface area contributed by atoms with Crippen molar-refractivity contribution in [2.45, 2.75) is 0 Å². The fourth-order valence-electron chi connectivity index (χ4n) is 3.82. The first-order valence-electron chi connectivity index (χ1n) is 11.1. The van der Waals surface area contributed by atoms with Gasteiger partial charge in [0.25, 0.3) is 5.91 Å². The Kier molecular flexibility index (Phi) is 6.15. The van der Waals surface area contributed by atoms with Gasteiger partial charge in [0.05, 0.1) is 23.4 Å². The van der Waals surface area contributed by atoms with Crippen LogP contribution >= 0.6 is 0 Å². The third-order valence-electron chi connectivity index (χ3n) is 5.64. The third-order valence-corrected chi connectivity index (χ3v) is 5.64.